The Labute approximate surface area is 166 Å². The second kappa shape index (κ2) is 9.74. The molecule has 1 aromatic heterocycles. The molecule has 2 heterocycles. The van der Waals surface area contributed by atoms with E-state index in [9.17, 15) is 0 Å². The summed E-state index contributed by atoms with van der Waals surface area (Å²) in [4.78, 5) is 10.9. The number of aryl methyl sites for hydroxylation is 1. The molecule has 136 valence electrons. The molecule has 1 N–H and O–H groups in total. The van der Waals surface area contributed by atoms with Gasteiger partial charge < -0.3 is 14.7 Å². The fourth-order valence-electron chi connectivity index (χ4n) is 3.20. The number of nitrogens with one attached hydrogen (secondary N) is 1. The lowest BCUT2D eigenvalue weighted by Crippen LogP contribution is -2.45. The lowest BCUT2D eigenvalue weighted by molar-refractivity contribution is 0.258. The summed E-state index contributed by atoms with van der Waals surface area (Å²) >= 11 is 0. The van der Waals surface area contributed by atoms with Crippen molar-refractivity contribution in [2.75, 3.05) is 20.1 Å². The molecule has 0 spiro atoms. The van der Waals surface area contributed by atoms with Crippen LogP contribution in [0.1, 0.15) is 30.1 Å². The van der Waals surface area contributed by atoms with Crippen molar-refractivity contribution in [2.24, 2.45) is 10.9 Å². The highest BCUT2D eigenvalue weighted by Gasteiger charge is 2.21. The second-order valence-corrected chi connectivity index (χ2v) is 6.25. The van der Waals surface area contributed by atoms with Crippen LogP contribution in [0.3, 0.4) is 0 Å². The third-order valence-corrected chi connectivity index (χ3v) is 4.47. The number of hydrogen-bond acceptors (Lipinski definition) is 4. The molecule has 2 aromatic rings. The number of hydrogen-bond donors (Lipinski definition) is 1. The Morgan fingerprint density at radius 3 is 2.60 bits per heavy atom. The third kappa shape index (κ3) is 5.69. The molecule has 1 saturated heterocycles. The zero-order valence-electron chi connectivity index (χ0n) is 14.8. The Hall–Kier alpha value is -1.64. The average molecular weight is 455 g/mol. The third-order valence-electron chi connectivity index (χ3n) is 4.47. The van der Waals surface area contributed by atoms with Crippen LogP contribution in [-0.4, -0.2) is 41.1 Å². The summed E-state index contributed by atoms with van der Waals surface area (Å²) in [7, 11) is 1.82. The van der Waals surface area contributed by atoms with Crippen LogP contribution in [0.4, 0.5) is 0 Å². The molecule has 0 aliphatic carbocycles. The minimum atomic E-state index is 0. The molecule has 0 unspecified atom stereocenters. The van der Waals surface area contributed by atoms with E-state index in [-0.39, 0.29) is 24.0 Å². The van der Waals surface area contributed by atoms with Crippen LogP contribution in [-0.2, 0) is 13.0 Å². The Balaban J connectivity index is 0.00000225. The maximum absolute atomic E-state index is 4.99. The molecule has 0 amide bonds. The zero-order valence-corrected chi connectivity index (χ0v) is 17.1. The second-order valence-electron chi connectivity index (χ2n) is 6.25. The molecule has 25 heavy (non-hydrogen) atoms. The maximum atomic E-state index is 4.99. The Morgan fingerprint density at radius 1 is 1.28 bits per heavy atom. The molecule has 7 heteroatoms. The molecular formula is C18H26IN5O. The van der Waals surface area contributed by atoms with Crippen molar-refractivity contribution >= 4 is 29.9 Å². The van der Waals surface area contributed by atoms with E-state index < -0.39 is 0 Å². The summed E-state index contributed by atoms with van der Waals surface area (Å²) < 4.78 is 4.99. The quantitative estimate of drug-likeness (QED) is 0.436. The zero-order chi connectivity index (χ0) is 16.8. The minimum absolute atomic E-state index is 0. The summed E-state index contributed by atoms with van der Waals surface area (Å²) in [6.07, 6.45) is 3.55. The lowest BCUT2D eigenvalue weighted by Gasteiger charge is -2.34. The first-order valence-corrected chi connectivity index (χ1v) is 8.53. The van der Waals surface area contributed by atoms with Gasteiger partial charge in [0.1, 0.15) is 0 Å². The Bertz CT molecular complexity index is 665. The number of halogens is 1. The Morgan fingerprint density at radius 2 is 2.00 bits per heavy atom. The van der Waals surface area contributed by atoms with Gasteiger partial charge in [-0.2, -0.15) is 4.98 Å². The van der Waals surface area contributed by atoms with Crippen molar-refractivity contribution in [3.8, 4) is 0 Å². The van der Waals surface area contributed by atoms with Gasteiger partial charge >= 0.3 is 0 Å². The SMILES string of the molecule is CN=C(NCc1noc(C)n1)N1CCC(Cc2ccccc2)CC1.I. The summed E-state index contributed by atoms with van der Waals surface area (Å²) in [6.45, 7) is 4.39. The van der Waals surface area contributed by atoms with E-state index in [1.54, 1.807) is 6.92 Å². The standard InChI is InChI=1S/C18H25N5O.HI/c1-14-21-17(22-24-14)13-20-18(19-2)23-10-8-16(9-11-23)12-15-6-4-3-5-7-15;/h3-7,16H,8-13H2,1-2H3,(H,19,20);1H. The number of likely N-dealkylation sites (tertiary alicyclic amines) is 1. The van der Waals surface area contributed by atoms with Gasteiger partial charge in [0.25, 0.3) is 0 Å². The van der Waals surface area contributed by atoms with Crippen LogP contribution in [0.5, 0.6) is 0 Å². The fourth-order valence-corrected chi connectivity index (χ4v) is 3.20. The monoisotopic (exact) mass is 455 g/mol. The Kier molecular flexibility index (Phi) is 7.67. The van der Waals surface area contributed by atoms with Crippen LogP contribution in [0.15, 0.2) is 39.8 Å². The van der Waals surface area contributed by atoms with E-state index >= 15 is 0 Å². The van der Waals surface area contributed by atoms with E-state index in [1.165, 1.54) is 24.8 Å². The molecule has 1 aromatic carbocycles. The highest BCUT2D eigenvalue weighted by atomic mass is 127. The van der Waals surface area contributed by atoms with E-state index in [1.807, 2.05) is 7.05 Å². The van der Waals surface area contributed by atoms with Gasteiger partial charge in [0, 0.05) is 27.1 Å². The first-order valence-electron chi connectivity index (χ1n) is 8.53. The van der Waals surface area contributed by atoms with Crippen molar-refractivity contribution < 1.29 is 4.52 Å². The molecule has 0 radical (unpaired) electrons. The van der Waals surface area contributed by atoms with Crippen molar-refractivity contribution in [2.45, 2.75) is 32.7 Å². The first kappa shape index (κ1) is 19.7. The number of aliphatic imine (C=N–C) groups is 1. The van der Waals surface area contributed by atoms with Crippen LogP contribution in [0, 0.1) is 12.8 Å². The first-order chi connectivity index (χ1) is 11.7. The van der Waals surface area contributed by atoms with Crippen LogP contribution in [0.25, 0.3) is 0 Å². The minimum Gasteiger partial charge on any atom is -0.349 e. The van der Waals surface area contributed by atoms with Gasteiger partial charge in [-0.3, -0.25) is 4.99 Å². The summed E-state index contributed by atoms with van der Waals surface area (Å²) in [6, 6.07) is 10.8. The summed E-state index contributed by atoms with van der Waals surface area (Å²) in [5, 5.41) is 7.23. The van der Waals surface area contributed by atoms with Crippen LogP contribution >= 0.6 is 24.0 Å². The molecule has 0 bridgehead atoms. The molecule has 1 aliphatic rings. The predicted molar refractivity (Wildman–Crippen MR) is 109 cm³/mol. The van der Waals surface area contributed by atoms with Gasteiger partial charge in [0.05, 0.1) is 6.54 Å². The molecular weight excluding hydrogens is 429 g/mol. The molecule has 0 saturated carbocycles. The number of rotatable bonds is 4. The summed E-state index contributed by atoms with van der Waals surface area (Å²) in [5.74, 6) is 2.91. The van der Waals surface area contributed by atoms with E-state index in [0.29, 0.717) is 18.3 Å². The number of nitrogens with zero attached hydrogens (tertiary/aromatic N) is 4. The average Bonchev–Trinajstić information content (AvgIpc) is 3.03. The summed E-state index contributed by atoms with van der Waals surface area (Å²) in [5.41, 5.74) is 1.44. The predicted octanol–water partition coefficient (Wildman–Crippen LogP) is 3.03. The van der Waals surface area contributed by atoms with Crippen molar-refractivity contribution in [1.29, 1.82) is 0 Å². The van der Waals surface area contributed by atoms with Gasteiger partial charge in [-0.1, -0.05) is 35.5 Å². The number of piperidine rings is 1. The lowest BCUT2D eigenvalue weighted by atomic mass is 9.90. The van der Waals surface area contributed by atoms with Gasteiger partial charge in [0.2, 0.25) is 5.89 Å². The molecule has 1 fully saturated rings. The normalized spacial score (nSPS) is 15.8. The highest BCUT2D eigenvalue weighted by Crippen LogP contribution is 2.21. The topological polar surface area (TPSA) is 66.5 Å². The molecule has 0 atom stereocenters. The van der Waals surface area contributed by atoms with Crippen molar-refractivity contribution in [3.63, 3.8) is 0 Å². The van der Waals surface area contributed by atoms with E-state index in [0.717, 1.165) is 25.0 Å². The highest BCUT2D eigenvalue weighted by molar-refractivity contribution is 14.0. The number of aromatic nitrogens is 2. The molecule has 3 rings (SSSR count). The van der Waals surface area contributed by atoms with Crippen LogP contribution < -0.4 is 5.32 Å². The maximum Gasteiger partial charge on any atom is 0.223 e. The van der Waals surface area contributed by atoms with Gasteiger partial charge in [0.15, 0.2) is 11.8 Å². The van der Waals surface area contributed by atoms with Crippen LogP contribution in [0.2, 0.25) is 0 Å². The van der Waals surface area contributed by atoms with E-state index in [4.69, 9.17) is 4.52 Å². The van der Waals surface area contributed by atoms with Gasteiger partial charge in [-0.05, 0) is 30.7 Å². The van der Waals surface area contributed by atoms with Gasteiger partial charge in [-0.15, -0.1) is 24.0 Å². The van der Waals surface area contributed by atoms with Gasteiger partial charge in [-0.25, -0.2) is 0 Å². The number of benzene rings is 1. The molecule has 6 nitrogen and oxygen atoms in total. The van der Waals surface area contributed by atoms with Crippen molar-refractivity contribution in [3.05, 3.63) is 47.6 Å². The fraction of sp³-hybridized carbons (Fsp3) is 0.500. The van der Waals surface area contributed by atoms with E-state index in [2.05, 4.69) is 55.7 Å². The number of guanidine groups is 1. The largest absolute Gasteiger partial charge is 0.349 e. The molecule has 1 aliphatic heterocycles. The van der Waals surface area contributed by atoms with Crippen molar-refractivity contribution in [1.82, 2.24) is 20.4 Å². The smallest absolute Gasteiger partial charge is 0.223 e.